The number of anilines is 1. The predicted octanol–water partition coefficient (Wildman–Crippen LogP) is 4.12. The molecule has 0 bridgehead atoms. The Morgan fingerprint density at radius 1 is 1.10 bits per heavy atom. The molecule has 152 valence electrons. The molecule has 2 heterocycles. The van der Waals surface area contributed by atoms with Crippen molar-refractivity contribution in [3.8, 4) is 5.69 Å². The minimum absolute atomic E-state index is 0.222. The van der Waals surface area contributed by atoms with Gasteiger partial charge in [0.05, 0.1) is 11.2 Å². The molecule has 4 rings (SSSR count). The van der Waals surface area contributed by atoms with Gasteiger partial charge in [0.2, 0.25) is 5.91 Å². The fourth-order valence-electron chi connectivity index (χ4n) is 3.37. The van der Waals surface area contributed by atoms with E-state index in [2.05, 4.69) is 5.32 Å². The highest BCUT2D eigenvalue weighted by molar-refractivity contribution is 7.17. The summed E-state index contributed by atoms with van der Waals surface area (Å²) in [6, 6.07) is 13.9. The first-order valence-electron chi connectivity index (χ1n) is 9.21. The average molecular weight is 440 g/mol. The van der Waals surface area contributed by atoms with Crippen LogP contribution in [0.25, 0.3) is 15.9 Å². The number of benzene rings is 2. The van der Waals surface area contributed by atoms with Gasteiger partial charge < -0.3 is 5.32 Å². The van der Waals surface area contributed by atoms with Gasteiger partial charge in [-0.1, -0.05) is 35.4 Å². The van der Waals surface area contributed by atoms with Crippen LogP contribution in [-0.2, 0) is 11.3 Å². The molecule has 30 heavy (non-hydrogen) atoms. The second-order valence-electron chi connectivity index (χ2n) is 6.99. The standard InChI is InChI=1S/C22H18ClN3O3S/c1-13-6-7-17(14(2)10-13)24-19(27)12-25-18-8-9-30-20(18)21(28)26(22(25)29)16-5-3-4-15(23)11-16/h3-11H,12H2,1-2H3,(H,24,27). The van der Waals surface area contributed by atoms with Crippen LogP contribution in [0.3, 0.4) is 0 Å². The van der Waals surface area contributed by atoms with Crippen LogP contribution in [0, 0.1) is 13.8 Å². The van der Waals surface area contributed by atoms with E-state index in [-0.39, 0.29) is 12.5 Å². The highest BCUT2D eigenvalue weighted by Crippen LogP contribution is 2.19. The maximum absolute atomic E-state index is 13.2. The summed E-state index contributed by atoms with van der Waals surface area (Å²) >= 11 is 7.28. The molecule has 0 saturated heterocycles. The largest absolute Gasteiger partial charge is 0.336 e. The van der Waals surface area contributed by atoms with Crippen molar-refractivity contribution in [2.75, 3.05) is 5.32 Å². The van der Waals surface area contributed by atoms with E-state index in [4.69, 9.17) is 11.6 Å². The molecular weight excluding hydrogens is 422 g/mol. The van der Waals surface area contributed by atoms with E-state index in [9.17, 15) is 14.4 Å². The van der Waals surface area contributed by atoms with E-state index in [0.29, 0.717) is 26.6 Å². The molecular formula is C22H18ClN3O3S. The van der Waals surface area contributed by atoms with Crippen LogP contribution in [0.1, 0.15) is 11.1 Å². The monoisotopic (exact) mass is 439 g/mol. The number of thiophene rings is 1. The Kier molecular flexibility index (Phi) is 5.32. The van der Waals surface area contributed by atoms with Gasteiger partial charge in [0.1, 0.15) is 11.2 Å². The summed E-state index contributed by atoms with van der Waals surface area (Å²) in [5.74, 6) is -0.354. The third-order valence-electron chi connectivity index (χ3n) is 4.78. The predicted molar refractivity (Wildman–Crippen MR) is 121 cm³/mol. The zero-order valence-corrected chi connectivity index (χ0v) is 17.9. The molecule has 0 spiro atoms. The second-order valence-corrected chi connectivity index (χ2v) is 8.34. The number of carbonyl (C=O) groups excluding carboxylic acids is 1. The lowest BCUT2D eigenvalue weighted by molar-refractivity contribution is -0.116. The maximum atomic E-state index is 13.2. The lowest BCUT2D eigenvalue weighted by atomic mass is 10.1. The minimum atomic E-state index is -0.594. The number of aryl methyl sites for hydroxylation is 2. The second kappa shape index (κ2) is 7.93. The van der Waals surface area contributed by atoms with Crippen LogP contribution in [0.5, 0.6) is 0 Å². The first kappa shape index (κ1) is 20.1. The Morgan fingerprint density at radius 2 is 1.90 bits per heavy atom. The molecule has 0 saturated carbocycles. The third kappa shape index (κ3) is 3.69. The highest BCUT2D eigenvalue weighted by Gasteiger charge is 2.18. The van der Waals surface area contributed by atoms with E-state index in [1.165, 1.54) is 15.9 Å². The van der Waals surface area contributed by atoms with Gasteiger partial charge in [-0.15, -0.1) is 11.3 Å². The van der Waals surface area contributed by atoms with Crippen molar-refractivity contribution >= 4 is 44.7 Å². The number of hydrogen-bond acceptors (Lipinski definition) is 4. The SMILES string of the molecule is Cc1ccc(NC(=O)Cn2c(=O)n(-c3cccc(Cl)c3)c(=O)c3sccc32)c(C)c1. The summed E-state index contributed by atoms with van der Waals surface area (Å²) in [7, 11) is 0. The Hall–Kier alpha value is -3.16. The van der Waals surface area contributed by atoms with E-state index in [0.717, 1.165) is 15.7 Å². The molecule has 0 radical (unpaired) electrons. The number of halogens is 1. The fourth-order valence-corrected chi connectivity index (χ4v) is 4.38. The summed E-state index contributed by atoms with van der Waals surface area (Å²) in [4.78, 5) is 38.9. The van der Waals surface area contributed by atoms with Crippen LogP contribution >= 0.6 is 22.9 Å². The molecule has 0 atom stereocenters. The van der Waals surface area contributed by atoms with Gasteiger partial charge in [-0.05, 0) is 55.1 Å². The number of carbonyl (C=O) groups is 1. The van der Waals surface area contributed by atoms with Crippen LogP contribution in [0.4, 0.5) is 5.69 Å². The first-order chi connectivity index (χ1) is 14.3. The summed E-state index contributed by atoms with van der Waals surface area (Å²) in [5.41, 5.74) is 2.47. The summed E-state index contributed by atoms with van der Waals surface area (Å²) in [5, 5.41) is 4.98. The number of aromatic nitrogens is 2. The van der Waals surface area contributed by atoms with Gasteiger partial charge in [-0.25, -0.2) is 9.36 Å². The molecule has 2 aromatic carbocycles. The highest BCUT2D eigenvalue weighted by atomic mass is 35.5. The number of amides is 1. The molecule has 2 aromatic heterocycles. The molecule has 8 heteroatoms. The quantitative estimate of drug-likeness (QED) is 0.519. The molecule has 6 nitrogen and oxygen atoms in total. The van der Waals surface area contributed by atoms with Crippen molar-refractivity contribution in [2.24, 2.45) is 0 Å². The molecule has 0 aliphatic carbocycles. The number of nitrogens with one attached hydrogen (secondary N) is 1. The lowest BCUT2D eigenvalue weighted by Gasteiger charge is -2.13. The Labute approximate surface area is 181 Å². The van der Waals surface area contributed by atoms with Gasteiger partial charge in [0, 0.05) is 10.7 Å². The molecule has 4 aromatic rings. The van der Waals surface area contributed by atoms with E-state index in [1.807, 2.05) is 32.0 Å². The van der Waals surface area contributed by atoms with Crippen molar-refractivity contribution < 1.29 is 4.79 Å². The van der Waals surface area contributed by atoms with Crippen molar-refractivity contribution in [1.29, 1.82) is 0 Å². The molecule has 0 aliphatic heterocycles. The van der Waals surface area contributed by atoms with Gasteiger partial charge in [-0.2, -0.15) is 0 Å². The zero-order valence-electron chi connectivity index (χ0n) is 16.3. The van der Waals surface area contributed by atoms with Gasteiger partial charge in [0.15, 0.2) is 0 Å². The minimum Gasteiger partial charge on any atom is -0.324 e. The Morgan fingerprint density at radius 3 is 2.63 bits per heavy atom. The van der Waals surface area contributed by atoms with Gasteiger partial charge >= 0.3 is 5.69 Å². The van der Waals surface area contributed by atoms with E-state index >= 15 is 0 Å². The topological polar surface area (TPSA) is 73.1 Å². The zero-order chi connectivity index (χ0) is 21.4. The summed E-state index contributed by atoms with van der Waals surface area (Å²) in [6.45, 7) is 3.66. The Bertz CT molecular complexity index is 1400. The first-order valence-corrected chi connectivity index (χ1v) is 10.5. The third-order valence-corrected chi connectivity index (χ3v) is 5.91. The van der Waals surface area contributed by atoms with E-state index < -0.39 is 11.2 Å². The normalized spacial score (nSPS) is 11.0. The van der Waals surface area contributed by atoms with E-state index in [1.54, 1.807) is 35.7 Å². The van der Waals surface area contributed by atoms with Gasteiger partial charge in [0.25, 0.3) is 5.56 Å². The summed E-state index contributed by atoms with van der Waals surface area (Å²) < 4.78 is 2.76. The van der Waals surface area contributed by atoms with Crippen molar-refractivity contribution in [3.05, 3.63) is 90.9 Å². The van der Waals surface area contributed by atoms with Crippen LogP contribution in [0.15, 0.2) is 63.5 Å². The molecule has 0 fully saturated rings. The summed E-state index contributed by atoms with van der Waals surface area (Å²) in [6.07, 6.45) is 0. The number of nitrogens with zero attached hydrogens (tertiary/aromatic N) is 2. The lowest BCUT2D eigenvalue weighted by Crippen LogP contribution is -2.40. The van der Waals surface area contributed by atoms with Crippen LogP contribution in [-0.4, -0.2) is 15.0 Å². The van der Waals surface area contributed by atoms with Crippen molar-refractivity contribution in [3.63, 3.8) is 0 Å². The molecule has 0 unspecified atom stereocenters. The fraction of sp³-hybridized carbons (Fsp3) is 0.136. The number of rotatable bonds is 4. The van der Waals surface area contributed by atoms with Crippen molar-refractivity contribution in [2.45, 2.75) is 20.4 Å². The smallest absolute Gasteiger partial charge is 0.324 e. The average Bonchev–Trinajstić information content (AvgIpc) is 3.18. The molecule has 1 amide bonds. The molecule has 0 aliphatic rings. The Balaban J connectivity index is 1.79. The van der Waals surface area contributed by atoms with Crippen LogP contribution < -0.4 is 16.6 Å². The van der Waals surface area contributed by atoms with Crippen molar-refractivity contribution in [1.82, 2.24) is 9.13 Å². The number of fused-ring (bicyclic) bond motifs is 1. The van der Waals surface area contributed by atoms with Gasteiger partial charge in [-0.3, -0.25) is 14.2 Å². The van der Waals surface area contributed by atoms with Crippen LogP contribution in [0.2, 0.25) is 5.02 Å². The maximum Gasteiger partial charge on any atom is 0.336 e. The number of hydrogen-bond donors (Lipinski definition) is 1. The molecule has 1 N–H and O–H groups in total.